The minimum absolute atomic E-state index is 0.163. The van der Waals surface area contributed by atoms with Crippen LogP contribution in [0.2, 0.25) is 0 Å². The lowest BCUT2D eigenvalue weighted by Crippen LogP contribution is -2.27. The average Bonchev–Trinajstić information content (AvgIpc) is 2.73. The van der Waals surface area contributed by atoms with Crippen LogP contribution >= 0.6 is 0 Å². The molecule has 1 heterocycles. The van der Waals surface area contributed by atoms with Gasteiger partial charge in [-0.1, -0.05) is 44.4 Å². The molecule has 0 bridgehead atoms. The number of nitrogens with one attached hydrogen (secondary N) is 2. The van der Waals surface area contributed by atoms with Gasteiger partial charge in [0.15, 0.2) is 5.69 Å². The van der Waals surface area contributed by atoms with Crippen LogP contribution in [0.5, 0.6) is 0 Å². The van der Waals surface area contributed by atoms with E-state index in [-0.39, 0.29) is 23.1 Å². The Bertz CT molecular complexity index is 1100. The molecule has 0 atom stereocenters. The molecule has 0 unspecified atom stereocenters. The van der Waals surface area contributed by atoms with Gasteiger partial charge in [-0.25, -0.2) is 4.68 Å². The van der Waals surface area contributed by atoms with Crippen molar-refractivity contribution in [1.82, 2.24) is 9.78 Å². The molecule has 0 aliphatic rings. The van der Waals surface area contributed by atoms with Crippen LogP contribution in [0.15, 0.2) is 53.3 Å². The van der Waals surface area contributed by atoms with Crippen LogP contribution in [-0.4, -0.2) is 21.6 Å². The summed E-state index contributed by atoms with van der Waals surface area (Å²) in [5.41, 5.74) is 1.25. The lowest BCUT2D eigenvalue weighted by molar-refractivity contribution is -0.114. The molecule has 3 aromatic rings. The van der Waals surface area contributed by atoms with Gasteiger partial charge in [0.05, 0.1) is 5.39 Å². The molecule has 0 saturated heterocycles. The van der Waals surface area contributed by atoms with Gasteiger partial charge in [0.2, 0.25) is 5.91 Å². The van der Waals surface area contributed by atoms with Gasteiger partial charge in [0, 0.05) is 30.2 Å². The van der Waals surface area contributed by atoms with Gasteiger partial charge in [-0.05, 0) is 36.8 Å². The lowest BCUT2D eigenvalue weighted by atomic mass is 10.1. The predicted octanol–water partition coefficient (Wildman–Crippen LogP) is 4.19. The number of carbonyl (C=O) groups excluding carboxylic acids is 2. The van der Waals surface area contributed by atoms with Crippen LogP contribution in [0.1, 0.15) is 50.0 Å². The van der Waals surface area contributed by atoms with Crippen molar-refractivity contribution in [3.8, 4) is 0 Å². The summed E-state index contributed by atoms with van der Waals surface area (Å²) in [7, 11) is 0. The summed E-state index contributed by atoms with van der Waals surface area (Å²) >= 11 is 0. The monoisotopic (exact) mass is 406 g/mol. The van der Waals surface area contributed by atoms with Crippen molar-refractivity contribution in [2.75, 3.05) is 10.6 Å². The molecule has 0 fully saturated rings. The third-order valence-corrected chi connectivity index (χ3v) is 4.77. The molecule has 2 N–H and O–H groups in total. The Morgan fingerprint density at radius 3 is 2.17 bits per heavy atom. The quantitative estimate of drug-likeness (QED) is 0.549. The van der Waals surface area contributed by atoms with Crippen molar-refractivity contribution in [1.29, 1.82) is 0 Å². The van der Waals surface area contributed by atoms with E-state index in [0.29, 0.717) is 28.7 Å². The Kier molecular flexibility index (Phi) is 6.95. The molecule has 0 radical (unpaired) electrons. The van der Waals surface area contributed by atoms with Gasteiger partial charge in [-0.15, -0.1) is 0 Å². The second kappa shape index (κ2) is 9.82. The summed E-state index contributed by atoms with van der Waals surface area (Å²) in [5.74, 6) is -0.551. The molecule has 156 valence electrons. The predicted molar refractivity (Wildman–Crippen MR) is 119 cm³/mol. The van der Waals surface area contributed by atoms with E-state index in [1.165, 1.54) is 11.6 Å². The van der Waals surface area contributed by atoms with E-state index in [4.69, 9.17) is 0 Å². The van der Waals surface area contributed by atoms with Gasteiger partial charge in [-0.3, -0.25) is 14.4 Å². The number of rotatable bonds is 8. The fraction of sp³-hybridized carbons (Fsp3) is 0.304. The standard InChI is InChI=1S/C23H26N4O3/c1-3-4-5-8-15-27-23(30)20-10-7-6-9-19(20)21(26-27)22(29)25-18-13-11-17(12-14-18)24-16(2)28/h6-7,9-14H,3-5,8,15H2,1-2H3,(H,24,28)(H,25,29). The zero-order valence-electron chi connectivity index (χ0n) is 17.3. The van der Waals surface area contributed by atoms with Crippen LogP contribution in [0, 0.1) is 0 Å². The van der Waals surface area contributed by atoms with E-state index in [0.717, 1.165) is 25.7 Å². The number of aromatic nitrogens is 2. The molecule has 0 saturated carbocycles. The van der Waals surface area contributed by atoms with E-state index in [1.54, 1.807) is 48.5 Å². The van der Waals surface area contributed by atoms with Crippen molar-refractivity contribution >= 4 is 34.0 Å². The summed E-state index contributed by atoms with van der Waals surface area (Å²) in [6.45, 7) is 4.05. The Balaban J connectivity index is 1.87. The second-order valence-electron chi connectivity index (χ2n) is 7.20. The first-order valence-electron chi connectivity index (χ1n) is 10.2. The highest BCUT2D eigenvalue weighted by atomic mass is 16.2. The smallest absolute Gasteiger partial charge is 0.276 e. The van der Waals surface area contributed by atoms with Crippen LogP contribution < -0.4 is 16.2 Å². The summed E-state index contributed by atoms with van der Waals surface area (Å²) < 4.78 is 1.40. The highest BCUT2D eigenvalue weighted by molar-refractivity contribution is 6.11. The number of amides is 2. The minimum Gasteiger partial charge on any atom is -0.326 e. The van der Waals surface area contributed by atoms with Crippen molar-refractivity contribution in [3.05, 3.63) is 64.6 Å². The highest BCUT2D eigenvalue weighted by Crippen LogP contribution is 2.18. The molecule has 7 nitrogen and oxygen atoms in total. The number of hydrogen-bond donors (Lipinski definition) is 2. The second-order valence-corrected chi connectivity index (χ2v) is 7.20. The number of carbonyl (C=O) groups is 2. The molecular weight excluding hydrogens is 380 g/mol. The molecule has 7 heteroatoms. The fourth-order valence-electron chi connectivity index (χ4n) is 3.27. The first kappa shape index (κ1) is 21.2. The van der Waals surface area contributed by atoms with E-state index in [9.17, 15) is 14.4 Å². The maximum absolute atomic E-state index is 13.0. The molecule has 3 rings (SSSR count). The van der Waals surface area contributed by atoms with Gasteiger partial charge < -0.3 is 10.6 Å². The van der Waals surface area contributed by atoms with Crippen molar-refractivity contribution in [2.45, 2.75) is 46.1 Å². The molecular formula is C23H26N4O3. The number of hydrogen-bond acceptors (Lipinski definition) is 4. The maximum Gasteiger partial charge on any atom is 0.276 e. The normalized spacial score (nSPS) is 10.7. The van der Waals surface area contributed by atoms with Crippen LogP contribution in [0.25, 0.3) is 10.8 Å². The summed E-state index contributed by atoms with van der Waals surface area (Å²) in [4.78, 5) is 36.9. The first-order valence-corrected chi connectivity index (χ1v) is 10.2. The molecule has 1 aromatic heterocycles. The number of fused-ring (bicyclic) bond motifs is 1. The molecule has 2 amide bonds. The Morgan fingerprint density at radius 2 is 1.53 bits per heavy atom. The maximum atomic E-state index is 13.0. The zero-order valence-corrected chi connectivity index (χ0v) is 17.3. The van der Waals surface area contributed by atoms with E-state index in [1.807, 2.05) is 0 Å². The Hall–Kier alpha value is -3.48. The topological polar surface area (TPSA) is 93.1 Å². The van der Waals surface area contributed by atoms with Gasteiger partial charge in [0.1, 0.15) is 0 Å². The third kappa shape index (κ3) is 5.11. The van der Waals surface area contributed by atoms with Crippen LogP contribution in [-0.2, 0) is 11.3 Å². The third-order valence-electron chi connectivity index (χ3n) is 4.77. The van der Waals surface area contributed by atoms with Crippen LogP contribution in [0.4, 0.5) is 11.4 Å². The van der Waals surface area contributed by atoms with Crippen LogP contribution in [0.3, 0.4) is 0 Å². The molecule has 0 aliphatic carbocycles. The zero-order chi connectivity index (χ0) is 21.5. The van der Waals surface area contributed by atoms with E-state index in [2.05, 4.69) is 22.7 Å². The van der Waals surface area contributed by atoms with E-state index < -0.39 is 0 Å². The van der Waals surface area contributed by atoms with E-state index >= 15 is 0 Å². The molecule has 30 heavy (non-hydrogen) atoms. The van der Waals surface area contributed by atoms with Crippen molar-refractivity contribution < 1.29 is 9.59 Å². The number of benzene rings is 2. The Morgan fingerprint density at radius 1 is 0.900 bits per heavy atom. The Labute approximate surface area is 175 Å². The first-order chi connectivity index (χ1) is 14.5. The average molecular weight is 406 g/mol. The molecule has 2 aromatic carbocycles. The van der Waals surface area contributed by atoms with Gasteiger partial charge in [0.25, 0.3) is 11.5 Å². The molecule has 0 aliphatic heterocycles. The van der Waals surface area contributed by atoms with Crippen molar-refractivity contribution in [3.63, 3.8) is 0 Å². The van der Waals surface area contributed by atoms with Crippen molar-refractivity contribution in [2.24, 2.45) is 0 Å². The number of nitrogens with zero attached hydrogens (tertiary/aromatic N) is 2. The van der Waals surface area contributed by atoms with Gasteiger partial charge in [-0.2, -0.15) is 5.10 Å². The number of aryl methyl sites for hydroxylation is 1. The summed E-state index contributed by atoms with van der Waals surface area (Å²) in [5, 5.41) is 10.9. The number of anilines is 2. The minimum atomic E-state index is -0.388. The summed E-state index contributed by atoms with van der Waals surface area (Å²) in [6.07, 6.45) is 4.06. The molecule has 0 spiro atoms. The lowest BCUT2D eigenvalue weighted by Gasteiger charge is -2.12. The number of unbranched alkanes of at least 4 members (excludes halogenated alkanes) is 3. The highest BCUT2D eigenvalue weighted by Gasteiger charge is 2.17. The fourth-order valence-corrected chi connectivity index (χ4v) is 3.27. The summed E-state index contributed by atoms with van der Waals surface area (Å²) in [6, 6.07) is 13.8. The largest absolute Gasteiger partial charge is 0.326 e. The van der Waals surface area contributed by atoms with Gasteiger partial charge >= 0.3 is 0 Å². The SMILES string of the molecule is CCCCCCn1nc(C(=O)Nc2ccc(NC(C)=O)cc2)c2ccccc2c1=O.